The summed E-state index contributed by atoms with van der Waals surface area (Å²) in [6.45, 7) is 4.43. The molecule has 192 valence electrons. The molecule has 0 spiro atoms. The molecule has 6 unspecified atom stereocenters. The molecule has 4 rings (SSSR count). The molecule has 7 atom stereocenters. The molecule has 0 amide bonds. The van der Waals surface area contributed by atoms with Gasteiger partial charge in [0.25, 0.3) is 0 Å². The number of rotatable bonds is 7. The molecule has 0 aromatic rings. The Labute approximate surface area is 202 Å². The van der Waals surface area contributed by atoms with E-state index >= 15 is 8.78 Å². The maximum Gasteiger partial charge on any atom is 0.134 e. The fraction of sp³-hybridized carbons (Fsp3) is 1.00. The van der Waals surface area contributed by atoms with Gasteiger partial charge in [-0.1, -0.05) is 65.2 Å². The smallest absolute Gasteiger partial charge is 0.134 e. The first-order chi connectivity index (χ1) is 16.0. The predicted molar refractivity (Wildman–Crippen MR) is 132 cm³/mol. The number of alkyl halides is 3. The molecule has 4 fully saturated rings. The predicted octanol–water partition coefficient (Wildman–Crippen LogP) is 9.66. The molecule has 0 radical (unpaired) electrons. The molecule has 0 nitrogen and oxygen atoms in total. The molecule has 3 heteroatoms. The van der Waals surface area contributed by atoms with Crippen molar-refractivity contribution < 1.29 is 13.2 Å². The van der Waals surface area contributed by atoms with Gasteiger partial charge >= 0.3 is 0 Å². The van der Waals surface area contributed by atoms with Crippen LogP contribution in [0, 0.1) is 47.3 Å². The highest BCUT2D eigenvalue weighted by Crippen LogP contribution is 2.49. The van der Waals surface area contributed by atoms with E-state index in [1.165, 1.54) is 32.1 Å². The van der Waals surface area contributed by atoms with Crippen molar-refractivity contribution in [3.8, 4) is 0 Å². The van der Waals surface area contributed by atoms with Gasteiger partial charge in [0, 0.05) is 0 Å². The van der Waals surface area contributed by atoms with Crippen LogP contribution in [-0.4, -0.2) is 18.5 Å². The van der Waals surface area contributed by atoms with E-state index in [1.54, 1.807) is 0 Å². The summed E-state index contributed by atoms with van der Waals surface area (Å²) in [6, 6.07) is 0. The normalized spacial score (nSPS) is 47.4. The van der Waals surface area contributed by atoms with E-state index < -0.39 is 18.5 Å². The summed E-state index contributed by atoms with van der Waals surface area (Å²) in [6.07, 6.45) is 15.6. The lowest BCUT2D eigenvalue weighted by Gasteiger charge is -2.45. The second kappa shape index (κ2) is 12.2. The molecule has 0 N–H and O–H groups in total. The van der Waals surface area contributed by atoms with Crippen LogP contribution in [0.2, 0.25) is 0 Å². The monoisotopic (exact) mass is 468 g/mol. The van der Waals surface area contributed by atoms with Crippen LogP contribution in [0.25, 0.3) is 0 Å². The largest absolute Gasteiger partial charge is 0.247 e. The Balaban J connectivity index is 1.19. The molecule has 33 heavy (non-hydrogen) atoms. The molecule has 4 aliphatic carbocycles. The summed E-state index contributed by atoms with van der Waals surface area (Å²) in [4.78, 5) is 0. The Morgan fingerprint density at radius 1 is 0.576 bits per heavy atom. The Kier molecular flexibility index (Phi) is 9.53. The average Bonchev–Trinajstić information content (AvgIpc) is 2.82. The molecule has 0 bridgehead atoms. The number of hydrogen-bond acceptors (Lipinski definition) is 0. The first-order valence-electron chi connectivity index (χ1n) is 14.9. The highest BCUT2D eigenvalue weighted by molar-refractivity contribution is 4.95. The van der Waals surface area contributed by atoms with E-state index in [2.05, 4.69) is 13.8 Å². The van der Waals surface area contributed by atoms with E-state index in [0.717, 1.165) is 83.0 Å². The fourth-order valence-corrected chi connectivity index (χ4v) is 8.53. The quantitative estimate of drug-likeness (QED) is 0.349. The third kappa shape index (κ3) is 6.52. The lowest BCUT2D eigenvalue weighted by molar-refractivity contribution is -0.0372. The number of halogens is 3. The molecule has 0 aromatic heterocycles. The van der Waals surface area contributed by atoms with Crippen LogP contribution in [0.5, 0.6) is 0 Å². The van der Waals surface area contributed by atoms with Crippen molar-refractivity contribution >= 4 is 0 Å². The molecule has 0 heterocycles. The highest BCUT2D eigenvalue weighted by Gasteiger charge is 2.46. The lowest BCUT2D eigenvalue weighted by atomic mass is 9.63. The van der Waals surface area contributed by atoms with Gasteiger partial charge in [-0.15, -0.1) is 0 Å². The van der Waals surface area contributed by atoms with Gasteiger partial charge in [0.15, 0.2) is 0 Å². The Morgan fingerprint density at radius 2 is 1.09 bits per heavy atom. The minimum Gasteiger partial charge on any atom is -0.247 e. The summed E-state index contributed by atoms with van der Waals surface area (Å²) in [7, 11) is 0. The Morgan fingerprint density at radius 3 is 1.58 bits per heavy atom. The van der Waals surface area contributed by atoms with Gasteiger partial charge in [0.05, 0.1) is 0 Å². The third-order valence-electron chi connectivity index (χ3n) is 10.8. The standard InChI is InChI=1S/C30H51F3/c1-3-4-21-6-12-23(13-7-21)26-17-18-27(30(33)29(26)32)24-14-8-22(9-15-24)10-16-25-11-5-20(2)19-28(25)31/h20-30H,3-19H2,1-2H3/t20?,21?,22?,23?,24?,25?,26?,27?,28?,29?,30-/m0/s1. The van der Waals surface area contributed by atoms with E-state index in [4.69, 9.17) is 0 Å². The van der Waals surface area contributed by atoms with E-state index in [9.17, 15) is 4.39 Å². The van der Waals surface area contributed by atoms with E-state index in [-0.39, 0.29) is 17.8 Å². The first kappa shape index (κ1) is 25.9. The minimum absolute atomic E-state index is 0.0259. The second-order valence-corrected chi connectivity index (χ2v) is 12.9. The van der Waals surface area contributed by atoms with Crippen molar-refractivity contribution in [2.45, 2.75) is 142 Å². The summed E-state index contributed by atoms with van der Waals surface area (Å²) < 4.78 is 45.1. The lowest BCUT2D eigenvalue weighted by Crippen LogP contribution is -2.45. The molecule has 0 saturated heterocycles. The van der Waals surface area contributed by atoms with Crippen LogP contribution in [0.3, 0.4) is 0 Å². The summed E-state index contributed by atoms with van der Waals surface area (Å²) in [5.74, 6) is 3.05. The van der Waals surface area contributed by atoms with Gasteiger partial charge in [-0.3, -0.25) is 0 Å². The van der Waals surface area contributed by atoms with Crippen molar-refractivity contribution in [3.63, 3.8) is 0 Å². The van der Waals surface area contributed by atoms with Crippen molar-refractivity contribution in [1.29, 1.82) is 0 Å². The zero-order chi connectivity index (χ0) is 23.4. The molecular formula is C30H51F3. The Hall–Kier alpha value is -0.210. The molecule has 4 aliphatic rings. The molecule has 4 saturated carbocycles. The van der Waals surface area contributed by atoms with Gasteiger partial charge in [0.2, 0.25) is 0 Å². The average molecular weight is 469 g/mol. The maximum atomic E-state index is 15.4. The summed E-state index contributed by atoms with van der Waals surface area (Å²) >= 11 is 0. The van der Waals surface area contributed by atoms with Gasteiger partial charge in [-0.05, 0) is 105 Å². The van der Waals surface area contributed by atoms with Crippen molar-refractivity contribution in [2.24, 2.45) is 47.3 Å². The summed E-state index contributed by atoms with van der Waals surface area (Å²) in [5.41, 5.74) is 0. The van der Waals surface area contributed by atoms with Crippen molar-refractivity contribution in [2.75, 3.05) is 0 Å². The van der Waals surface area contributed by atoms with Gasteiger partial charge in [-0.25, -0.2) is 13.2 Å². The van der Waals surface area contributed by atoms with Crippen LogP contribution in [0.1, 0.15) is 123 Å². The molecule has 0 aromatic carbocycles. The first-order valence-corrected chi connectivity index (χ1v) is 14.9. The maximum absolute atomic E-state index is 15.4. The van der Waals surface area contributed by atoms with Crippen LogP contribution in [0.15, 0.2) is 0 Å². The van der Waals surface area contributed by atoms with E-state index in [1.807, 2.05) is 0 Å². The minimum atomic E-state index is -1.24. The zero-order valence-corrected chi connectivity index (χ0v) is 21.5. The van der Waals surface area contributed by atoms with Gasteiger partial charge < -0.3 is 0 Å². The van der Waals surface area contributed by atoms with Crippen molar-refractivity contribution in [1.82, 2.24) is 0 Å². The highest BCUT2D eigenvalue weighted by atomic mass is 19.2. The van der Waals surface area contributed by atoms with Crippen LogP contribution in [0.4, 0.5) is 13.2 Å². The van der Waals surface area contributed by atoms with Crippen molar-refractivity contribution in [3.05, 3.63) is 0 Å². The van der Waals surface area contributed by atoms with Gasteiger partial charge in [-0.2, -0.15) is 0 Å². The van der Waals surface area contributed by atoms with Crippen LogP contribution in [-0.2, 0) is 0 Å². The number of hydrogen-bond donors (Lipinski definition) is 0. The third-order valence-corrected chi connectivity index (χ3v) is 10.8. The Bertz CT molecular complexity index is 563. The topological polar surface area (TPSA) is 0 Å². The van der Waals surface area contributed by atoms with Gasteiger partial charge in [0.1, 0.15) is 18.5 Å². The zero-order valence-electron chi connectivity index (χ0n) is 21.5. The SMILES string of the molecule is CCCC1CCC(C2CCC(C3CCC(CCC4CCC(C)CC4F)CC3)[C@H](F)C2F)CC1. The second-order valence-electron chi connectivity index (χ2n) is 12.9. The molecular weight excluding hydrogens is 417 g/mol. The van der Waals surface area contributed by atoms with Crippen LogP contribution >= 0.6 is 0 Å². The van der Waals surface area contributed by atoms with Crippen LogP contribution < -0.4 is 0 Å². The van der Waals surface area contributed by atoms with E-state index in [0.29, 0.717) is 23.7 Å². The summed E-state index contributed by atoms with van der Waals surface area (Å²) in [5, 5.41) is 0. The molecule has 0 aliphatic heterocycles. The fourth-order valence-electron chi connectivity index (χ4n) is 8.53.